The molecule has 0 bridgehead atoms. The maximum Gasteiger partial charge on any atom is 0.271 e. The Bertz CT molecular complexity index is 1220. The summed E-state index contributed by atoms with van der Waals surface area (Å²) in [4.78, 5) is 35.4. The molecule has 0 aliphatic carbocycles. The van der Waals surface area contributed by atoms with Crippen LogP contribution in [0.25, 0.3) is 11.1 Å². The van der Waals surface area contributed by atoms with Gasteiger partial charge in [0, 0.05) is 23.4 Å². The Labute approximate surface area is 182 Å². The van der Waals surface area contributed by atoms with Gasteiger partial charge in [-0.1, -0.05) is 12.1 Å². The molecule has 4 rings (SSSR count). The number of nitro groups is 1. The van der Waals surface area contributed by atoms with Gasteiger partial charge in [-0.15, -0.1) is 0 Å². The molecule has 11 nitrogen and oxygen atoms in total. The summed E-state index contributed by atoms with van der Waals surface area (Å²) in [5.41, 5.74) is 1.55. The van der Waals surface area contributed by atoms with Crippen molar-refractivity contribution >= 4 is 29.0 Å². The lowest BCUT2D eigenvalue weighted by molar-refractivity contribution is -0.384. The summed E-state index contributed by atoms with van der Waals surface area (Å²) in [6.07, 6.45) is 1.41. The SMILES string of the molecule is COc1ccc(-c2cnn3c2NC(=O)C3CC(=O)Nc2cccc([N+](=O)[O-])c2)cc1OC. The topological polar surface area (TPSA) is 138 Å². The number of fused-ring (bicyclic) bond motifs is 1. The van der Waals surface area contributed by atoms with Gasteiger partial charge in [-0.05, 0) is 23.8 Å². The molecule has 2 aromatic carbocycles. The number of carbonyl (C=O) groups is 2. The van der Waals surface area contributed by atoms with Gasteiger partial charge in [0.25, 0.3) is 11.6 Å². The second kappa shape index (κ2) is 8.38. The number of rotatable bonds is 7. The average Bonchev–Trinajstić information content (AvgIpc) is 3.32. The first-order chi connectivity index (χ1) is 15.4. The fourth-order valence-corrected chi connectivity index (χ4v) is 3.51. The number of aromatic nitrogens is 2. The maximum atomic E-state index is 12.5. The molecule has 164 valence electrons. The third-order valence-corrected chi connectivity index (χ3v) is 5.05. The van der Waals surface area contributed by atoms with Crippen molar-refractivity contribution in [2.24, 2.45) is 0 Å². The summed E-state index contributed by atoms with van der Waals surface area (Å²) in [6, 6.07) is 10.1. The third kappa shape index (κ3) is 3.83. The lowest BCUT2D eigenvalue weighted by Crippen LogP contribution is -2.23. The Morgan fingerprint density at radius 3 is 2.72 bits per heavy atom. The zero-order chi connectivity index (χ0) is 22.8. The van der Waals surface area contributed by atoms with Crippen molar-refractivity contribution in [2.45, 2.75) is 12.5 Å². The number of hydrogen-bond acceptors (Lipinski definition) is 7. The quantitative estimate of drug-likeness (QED) is 0.428. The van der Waals surface area contributed by atoms with E-state index >= 15 is 0 Å². The summed E-state index contributed by atoms with van der Waals surface area (Å²) in [5, 5.41) is 20.6. The van der Waals surface area contributed by atoms with Gasteiger partial charge in [0.05, 0.1) is 31.8 Å². The van der Waals surface area contributed by atoms with Crippen molar-refractivity contribution < 1.29 is 24.0 Å². The first kappa shape index (κ1) is 20.8. The number of nitro benzene ring substituents is 1. The van der Waals surface area contributed by atoms with Gasteiger partial charge in [0.15, 0.2) is 11.5 Å². The number of non-ortho nitro benzene ring substituents is 1. The fraction of sp³-hybridized carbons (Fsp3) is 0.190. The van der Waals surface area contributed by atoms with E-state index in [-0.39, 0.29) is 23.7 Å². The number of carbonyl (C=O) groups excluding carboxylic acids is 2. The fourth-order valence-electron chi connectivity index (χ4n) is 3.51. The van der Waals surface area contributed by atoms with E-state index in [4.69, 9.17) is 9.47 Å². The van der Waals surface area contributed by atoms with Crippen LogP contribution in [0.4, 0.5) is 17.2 Å². The number of methoxy groups -OCH3 is 2. The molecule has 0 saturated carbocycles. The van der Waals surface area contributed by atoms with Crippen molar-refractivity contribution in [2.75, 3.05) is 24.9 Å². The number of nitrogens with one attached hydrogen (secondary N) is 2. The molecule has 3 aromatic rings. The van der Waals surface area contributed by atoms with Gasteiger partial charge in [-0.25, -0.2) is 4.68 Å². The van der Waals surface area contributed by atoms with Gasteiger partial charge in [-0.2, -0.15) is 5.10 Å². The zero-order valence-electron chi connectivity index (χ0n) is 17.2. The number of anilines is 2. The van der Waals surface area contributed by atoms with Gasteiger partial charge in [-0.3, -0.25) is 19.7 Å². The molecular formula is C21H19N5O6. The molecule has 2 heterocycles. The van der Waals surface area contributed by atoms with Gasteiger partial charge >= 0.3 is 0 Å². The minimum atomic E-state index is -0.849. The van der Waals surface area contributed by atoms with Crippen molar-refractivity contribution in [1.82, 2.24) is 9.78 Å². The minimum Gasteiger partial charge on any atom is -0.493 e. The third-order valence-electron chi connectivity index (χ3n) is 5.05. The summed E-state index contributed by atoms with van der Waals surface area (Å²) < 4.78 is 12.0. The van der Waals surface area contributed by atoms with E-state index in [2.05, 4.69) is 15.7 Å². The Balaban J connectivity index is 1.54. The molecule has 1 aromatic heterocycles. The van der Waals surface area contributed by atoms with E-state index in [0.717, 1.165) is 5.56 Å². The van der Waals surface area contributed by atoms with Crippen molar-refractivity contribution in [3.05, 3.63) is 58.8 Å². The Morgan fingerprint density at radius 2 is 2.00 bits per heavy atom. The molecule has 32 heavy (non-hydrogen) atoms. The molecule has 0 spiro atoms. The Kier molecular flexibility index (Phi) is 5.46. The molecule has 11 heteroatoms. The van der Waals surface area contributed by atoms with E-state index in [1.165, 1.54) is 36.1 Å². The first-order valence-electron chi connectivity index (χ1n) is 9.56. The molecule has 2 amide bonds. The Hall–Kier alpha value is -4.41. The number of benzene rings is 2. The van der Waals surface area contributed by atoms with Crippen LogP contribution in [0.1, 0.15) is 12.5 Å². The van der Waals surface area contributed by atoms with Gasteiger partial charge in [0.1, 0.15) is 11.9 Å². The monoisotopic (exact) mass is 437 g/mol. The standard InChI is InChI=1S/C21H19N5O6/c1-31-17-7-6-12(8-18(17)32-2)15-11-22-25-16(21(28)24-20(15)25)10-19(27)23-13-4-3-5-14(9-13)26(29)30/h3-9,11,16H,10H2,1-2H3,(H,23,27)(H,24,28). The largest absolute Gasteiger partial charge is 0.493 e. The smallest absolute Gasteiger partial charge is 0.271 e. The molecule has 0 fully saturated rings. The van der Waals surface area contributed by atoms with Crippen LogP contribution in [0.3, 0.4) is 0 Å². The lowest BCUT2D eigenvalue weighted by Gasteiger charge is -2.10. The van der Waals surface area contributed by atoms with Crippen LogP contribution in [-0.2, 0) is 9.59 Å². The highest BCUT2D eigenvalue weighted by Gasteiger charge is 2.35. The molecule has 1 aliphatic rings. The minimum absolute atomic E-state index is 0.143. The summed E-state index contributed by atoms with van der Waals surface area (Å²) >= 11 is 0. The highest BCUT2D eigenvalue weighted by atomic mass is 16.6. The second-order valence-electron chi connectivity index (χ2n) is 6.99. The molecular weight excluding hydrogens is 418 g/mol. The van der Waals surface area contributed by atoms with Crippen molar-refractivity contribution in [3.63, 3.8) is 0 Å². The van der Waals surface area contributed by atoms with Crippen LogP contribution in [0.15, 0.2) is 48.7 Å². The highest BCUT2D eigenvalue weighted by molar-refractivity contribution is 6.04. The normalized spacial score (nSPS) is 14.4. The number of hydrogen-bond donors (Lipinski definition) is 2. The van der Waals surface area contributed by atoms with Crippen molar-refractivity contribution in [3.8, 4) is 22.6 Å². The maximum absolute atomic E-state index is 12.5. The number of nitrogens with zero attached hydrogens (tertiary/aromatic N) is 3. The number of amides is 2. The molecule has 0 saturated heterocycles. The zero-order valence-corrected chi connectivity index (χ0v) is 17.2. The van der Waals surface area contributed by atoms with Gasteiger partial charge < -0.3 is 20.1 Å². The van der Waals surface area contributed by atoms with E-state index in [0.29, 0.717) is 22.9 Å². The predicted octanol–water partition coefficient (Wildman–Crippen LogP) is 3.00. The van der Waals surface area contributed by atoms with E-state index < -0.39 is 16.9 Å². The van der Waals surface area contributed by atoms with Crippen LogP contribution in [0, 0.1) is 10.1 Å². The molecule has 2 N–H and O–H groups in total. The molecule has 0 radical (unpaired) electrons. The van der Waals surface area contributed by atoms with E-state index in [9.17, 15) is 19.7 Å². The molecule has 1 unspecified atom stereocenters. The number of ether oxygens (including phenoxy) is 2. The summed E-state index contributed by atoms with van der Waals surface area (Å²) in [5.74, 6) is 0.725. The highest BCUT2D eigenvalue weighted by Crippen LogP contribution is 2.39. The predicted molar refractivity (Wildman–Crippen MR) is 115 cm³/mol. The van der Waals surface area contributed by atoms with E-state index in [1.54, 1.807) is 25.4 Å². The summed E-state index contributed by atoms with van der Waals surface area (Å²) in [7, 11) is 3.07. The van der Waals surface area contributed by atoms with Crippen LogP contribution in [0.5, 0.6) is 11.5 Å². The van der Waals surface area contributed by atoms with Crippen molar-refractivity contribution in [1.29, 1.82) is 0 Å². The van der Waals surface area contributed by atoms with Crippen LogP contribution < -0.4 is 20.1 Å². The van der Waals surface area contributed by atoms with Crippen LogP contribution in [-0.4, -0.2) is 40.7 Å². The second-order valence-corrected chi connectivity index (χ2v) is 6.99. The first-order valence-corrected chi connectivity index (χ1v) is 9.56. The molecule has 1 atom stereocenters. The molecule has 1 aliphatic heterocycles. The van der Waals surface area contributed by atoms with Crippen LogP contribution in [0.2, 0.25) is 0 Å². The lowest BCUT2D eigenvalue weighted by atomic mass is 10.1. The van der Waals surface area contributed by atoms with Crippen LogP contribution >= 0.6 is 0 Å². The van der Waals surface area contributed by atoms with E-state index in [1.807, 2.05) is 6.07 Å². The van der Waals surface area contributed by atoms with Gasteiger partial charge in [0.2, 0.25) is 5.91 Å². The summed E-state index contributed by atoms with van der Waals surface area (Å²) in [6.45, 7) is 0. The average molecular weight is 437 g/mol. The Morgan fingerprint density at radius 1 is 1.22 bits per heavy atom.